The summed E-state index contributed by atoms with van der Waals surface area (Å²) < 4.78 is 30.9. The smallest absolute Gasteiger partial charge is 0.317 e. The van der Waals surface area contributed by atoms with Crippen molar-refractivity contribution in [2.45, 2.75) is 23.2 Å². The Bertz CT molecular complexity index is 1080. The molecule has 1 aliphatic carbocycles. The summed E-state index contributed by atoms with van der Waals surface area (Å²) in [5.74, 6) is -1.07. The maximum Gasteiger partial charge on any atom is 0.317 e. The molecule has 1 N–H and O–H groups in total. The third kappa shape index (κ3) is 4.62. The maximum absolute atomic E-state index is 12.5. The molecule has 0 heterocycles. The quantitative estimate of drug-likeness (QED) is 0.625. The number of halogens is 2. The first-order valence-corrected chi connectivity index (χ1v) is 11.2. The maximum atomic E-state index is 12.5. The Morgan fingerprint density at radius 3 is 2.30 bits per heavy atom. The summed E-state index contributed by atoms with van der Waals surface area (Å²) in [6.45, 7) is -0.493. The summed E-state index contributed by atoms with van der Waals surface area (Å²) in [6.07, 6.45) is 1.27. The topological polar surface area (TPSA) is 92.8 Å². The van der Waals surface area contributed by atoms with Gasteiger partial charge in [0.1, 0.15) is 4.90 Å². The zero-order valence-electron chi connectivity index (χ0n) is 16.3. The Kier molecular flexibility index (Phi) is 6.43. The number of nitrogens with zero attached hydrogens (tertiary/aromatic N) is 1. The lowest BCUT2D eigenvalue weighted by Gasteiger charge is -2.16. The van der Waals surface area contributed by atoms with E-state index in [0.29, 0.717) is 17.9 Å². The van der Waals surface area contributed by atoms with Gasteiger partial charge in [0.15, 0.2) is 6.61 Å². The van der Waals surface area contributed by atoms with E-state index in [1.54, 1.807) is 24.3 Å². The van der Waals surface area contributed by atoms with Gasteiger partial charge in [-0.05, 0) is 48.7 Å². The molecule has 160 valence electrons. The van der Waals surface area contributed by atoms with Crippen LogP contribution in [0.15, 0.2) is 47.4 Å². The minimum atomic E-state index is -3.78. The van der Waals surface area contributed by atoms with E-state index in [-0.39, 0.29) is 15.6 Å². The van der Waals surface area contributed by atoms with Crippen LogP contribution >= 0.6 is 23.2 Å². The van der Waals surface area contributed by atoms with Crippen LogP contribution in [0.5, 0.6) is 0 Å². The number of esters is 1. The predicted molar refractivity (Wildman–Crippen MR) is 114 cm³/mol. The molecular weight excluding hydrogens is 451 g/mol. The van der Waals surface area contributed by atoms with Crippen LogP contribution in [0.3, 0.4) is 0 Å². The number of ether oxygens (including phenoxy) is 1. The molecule has 0 bridgehead atoms. The van der Waals surface area contributed by atoms with Crippen LogP contribution in [-0.2, 0) is 29.8 Å². The van der Waals surface area contributed by atoms with Gasteiger partial charge in [0.25, 0.3) is 5.91 Å². The van der Waals surface area contributed by atoms with Crippen LogP contribution in [0.1, 0.15) is 18.4 Å². The molecule has 0 unspecified atom stereocenters. The number of hydrogen-bond donors (Lipinski definition) is 1. The fourth-order valence-electron chi connectivity index (χ4n) is 2.95. The van der Waals surface area contributed by atoms with Gasteiger partial charge in [-0.25, -0.2) is 12.7 Å². The van der Waals surface area contributed by atoms with Crippen molar-refractivity contribution in [1.29, 1.82) is 0 Å². The first-order chi connectivity index (χ1) is 14.1. The number of anilines is 1. The van der Waals surface area contributed by atoms with Gasteiger partial charge in [-0.1, -0.05) is 35.3 Å². The highest BCUT2D eigenvalue weighted by Gasteiger charge is 2.52. The lowest BCUT2D eigenvalue weighted by atomic mass is 9.96. The van der Waals surface area contributed by atoms with Crippen LogP contribution in [0, 0.1) is 0 Å². The molecule has 1 amide bonds. The van der Waals surface area contributed by atoms with E-state index in [1.165, 1.54) is 32.3 Å². The van der Waals surface area contributed by atoms with Crippen molar-refractivity contribution in [3.63, 3.8) is 0 Å². The third-order valence-electron chi connectivity index (χ3n) is 4.85. The summed E-state index contributed by atoms with van der Waals surface area (Å²) in [4.78, 5) is 24.6. The summed E-state index contributed by atoms with van der Waals surface area (Å²) in [6, 6.07) is 11.1. The highest BCUT2D eigenvalue weighted by Crippen LogP contribution is 2.49. The monoisotopic (exact) mass is 470 g/mol. The lowest BCUT2D eigenvalue weighted by Crippen LogP contribution is -2.28. The molecule has 0 aliphatic heterocycles. The molecule has 2 aromatic rings. The number of nitrogens with one attached hydrogen (secondary N) is 1. The van der Waals surface area contributed by atoms with E-state index >= 15 is 0 Å². The minimum absolute atomic E-state index is 0.0340. The summed E-state index contributed by atoms with van der Waals surface area (Å²) in [7, 11) is -1.02. The molecule has 2 aromatic carbocycles. The Hall–Kier alpha value is -2.13. The van der Waals surface area contributed by atoms with Crippen LogP contribution < -0.4 is 5.32 Å². The Morgan fingerprint density at radius 2 is 1.73 bits per heavy atom. The zero-order valence-corrected chi connectivity index (χ0v) is 18.6. The van der Waals surface area contributed by atoms with Crippen molar-refractivity contribution in [3.8, 4) is 0 Å². The predicted octanol–water partition coefficient (Wildman–Crippen LogP) is 3.46. The van der Waals surface area contributed by atoms with Crippen molar-refractivity contribution < 1.29 is 22.7 Å². The van der Waals surface area contributed by atoms with E-state index in [9.17, 15) is 18.0 Å². The highest BCUT2D eigenvalue weighted by atomic mass is 35.5. The molecule has 10 heteroatoms. The molecule has 3 rings (SSSR count). The number of sulfonamides is 1. The Labute approximate surface area is 185 Å². The fraction of sp³-hybridized carbons (Fsp3) is 0.300. The third-order valence-corrected chi connectivity index (χ3v) is 7.39. The van der Waals surface area contributed by atoms with Crippen molar-refractivity contribution in [1.82, 2.24) is 4.31 Å². The molecule has 1 saturated carbocycles. The van der Waals surface area contributed by atoms with Gasteiger partial charge >= 0.3 is 5.97 Å². The second kappa shape index (κ2) is 8.55. The molecule has 30 heavy (non-hydrogen) atoms. The van der Waals surface area contributed by atoms with E-state index < -0.39 is 33.9 Å². The number of rotatable bonds is 7. The zero-order chi connectivity index (χ0) is 22.1. The van der Waals surface area contributed by atoms with Gasteiger partial charge < -0.3 is 10.1 Å². The second-order valence-corrected chi connectivity index (χ2v) is 10.1. The average Bonchev–Trinajstić information content (AvgIpc) is 3.50. The highest BCUT2D eigenvalue weighted by molar-refractivity contribution is 7.89. The number of carbonyl (C=O) groups is 2. The van der Waals surface area contributed by atoms with E-state index in [0.717, 1.165) is 9.87 Å². The molecular formula is C20H20Cl2N2O5S. The second-order valence-electron chi connectivity index (χ2n) is 7.15. The van der Waals surface area contributed by atoms with Crippen molar-refractivity contribution in [3.05, 3.63) is 58.1 Å². The van der Waals surface area contributed by atoms with Crippen LogP contribution in [-0.4, -0.2) is 45.3 Å². The van der Waals surface area contributed by atoms with E-state index in [1.807, 2.05) is 0 Å². The Morgan fingerprint density at radius 1 is 1.10 bits per heavy atom. The fourth-order valence-corrected chi connectivity index (χ4v) is 4.47. The number of benzene rings is 2. The van der Waals surface area contributed by atoms with Crippen LogP contribution in [0.25, 0.3) is 0 Å². The normalized spacial score (nSPS) is 15.0. The first-order valence-electron chi connectivity index (χ1n) is 9.01. The van der Waals surface area contributed by atoms with Gasteiger partial charge in [-0.15, -0.1) is 0 Å². The molecule has 0 radical (unpaired) electrons. The van der Waals surface area contributed by atoms with Gasteiger partial charge in [-0.3, -0.25) is 9.59 Å². The minimum Gasteiger partial charge on any atom is -0.455 e. The summed E-state index contributed by atoms with van der Waals surface area (Å²) in [5, 5.41) is 3.12. The Balaban J connectivity index is 1.64. The standard InChI is InChI=1S/C20H20Cl2N2O5S/c1-24(2)30(27,28)17-11-15(7-8-16(17)22)23-18(25)12-29-19(26)20(9-10-20)13-3-5-14(21)6-4-13/h3-8,11H,9-10,12H2,1-2H3,(H,23,25). The molecule has 7 nitrogen and oxygen atoms in total. The molecule has 1 aliphatic rings. The van der Waals surface area contributed by atoms with Crippen molar-refractivity contribution in [2.75, 3.05) is 26.0 Å². The molecule has 0 aromatic heterocycles. The summed E-state index contributed by atoms with van der Waals surface area (Å²) in [5.41, 5.74) is 0.284. The number of amides is 1. The van der Waals surface area contributed by atoms with Crippen LogP contribution in [0.2, 0.25) is 10.0 Å². The van der Waals surface area contributed by atoms with Gasteiger partial charge in [-0.2, -0.15) is 0 Å². The van der Waals surface area contributed by atoms with Gasteiger partial charge in [0.2, 0.25) is 10.0 Å². The van der Waals surface area contributed by atoms with E-state index in [4.69, 9.17) is 27.9 Å². The largest absolute Gasteiger partial charge is 0.455 e. The van der Waals surface area contributed by atoms with Crippen molar-refractivity contribution in [2.24, 2.45) is 0 Å². The SMILES string of the molecule is CN(C)S(=O)(=O)c1cc(NC(=O)COC(=O)C2(c3ccc(Cl)cc3)CC2)ccc1Cl. The number of carbonyl (C=O) groups excluding carboxylic acids is 2. The molecule has 0 atom stereocenters. The molecule has 1 fully saturated rings. The number of hydrogen-bond acceptors (Lipinski definition) is 5. The van der Waals surface area contributed by atoms with E-state index in [2.05, 4.69) is 5.32 Å². The van der Waals surface area contributed by atoms with Gasteiger partial charge in [0, 0.05) is 24.8 Å². The molecule has 0 saturated heterocycles. The van der Waals surface area contributed by atoms with Crippen molar-refractivity contribution >= 4 is 50.8 Å². The lowest BCUT2D eigenvalue weighted by molar-refractivity contribution is -0.150. The molecule has 0 spiro atoms. The van der Waals surface area contributed by atoms with Crippen LogP contribution in [0.4, 0.5) is 5.69 Å². The average molecular weight is 471 g/mol. The first kappa shape index (κ1) is 22.6. The summed E-state index contributed by atoms with van der Waals surface area (Å²) >= 11 is 11.9. The van der Waals surface area contributed by atoms with Gasteiger partial charge in [0.05, 0.1) is 10.4 Å².